The van der Waals surface area contributed by atoms with Gasteiger partial charge in [-0.1, -0.05) is 87.4 Å². The van der Waals surface area contributed by atoms with E-state index < -0.39 is 83.5 Å². The molecule has 6 N–H and O–H groups in total. The van der Waals surface area contributed by atoms with Crippen LogP contribution in [0.2, 0.25) is 0 Å². The van der Waals surface area contributed by atoms with E-state index in [2.05, 4.69) is 24.5 Å². The zero-order valence-electron chi connectivity index (χ0n) is 51.6. The van der Waals surface area contributed by atoms with Crippen LogP contribution in [0.3, 0.4) is 0 Å². The van der Waals surface area contributed by atoms with Gasteiger partial charge in [0.15, 0.2) is 18.2 Å². The van der Waals surface area contributed by atoms with Crippen LogP contribution in [0.4, 0.5) is 0 Å². The summed E-state index contributed by atoms with van der Waals surface area (Å²) in [7, 11) is 4.70. The number of nitrogens with one attached hydrogen (secondary N) is 2. The van der Waals surface area contributed by atoms with Crippen molar-refractivity contribution in [3.8, 4) is 39.9 Å². The Kier molecular flexibility index (Phi) is 26.5. The number of esters is 1. The van der Waals surface area contributed by atoms with Crippen molar-refractivity contribution in [1.29, 1.82) is 0 Å². The molecule has 85 heavy (non-hydrogen) atoms. The zero-order valence-corrected chi connectivity index (χ0v) is 51.6. The van der Waals surface area contributed by atoms with Gasteiger partial charge < -0.3 is 55.3 Å². The van der Waals surface area contributed by atoms with E-state index in [0.29, 0.717) is 53.4 Å². The summed E-state index contributed by atoms with van der Waals surface area (Å²) in [5.41, 5.74) is 16.2. The summed E-state index contributed by atoms with van der Waals surface area (Å²) in [5.74, 6) is -2.49. The van der Waals surface area contributed by atoms with E-state index >= 15 is 9.59 Å². The summed E-state index contributed by atoms with van der Waals surface area (Å²) in [4.78, 5) is 84.5. The van der Waals surface area contributed by atoms with Crippen molar-refractivity contribution in [3.05, 3.63) is 137 Å². The molecule has 3 amide bonds. The number of carbonyl (C=O) groups is 6. The molecule has 0 fully saturated rings. The lowest BCUT2D eigenvalue weighted by Crippen LogP contribution is -2.52. The first kappa shape index (κ1) is 68.0. The SMILES string of the molecule is CCCCCOc1ccc(CCC[C@H](NC(=O)[C@@H](CC(=O)[C@H](CC(=O)OC(C)(C)C)NC(=O)[C@@H](N)COC(C)(C)C)Cc2ccc(-c3ccc(OC)cc3CC)cc2)C(=O)CC(c2ccc(OCC(N)=O)cc2)c2ccc(OC)cc2OC)cc1. The van der Waals surface area contributed by atoms with Crippen LogP contribution in [0.25, 0.3) is 11.1 Å². The molecule has 0 spiro atoms. The molecule has 0 saturated carbocycles. The van der Waals surface area contributed by atoms with Crippen LogP contribution in [-0.4, -0.2) is 106 Å². The maximum absolute atomic E-state index is 15.4. The van der Waals surface area contributed by atoms with Crippen LogP contribution in [0.15, 0.2) is 109 Å². The molecule has 0 aliphatic carbocycles. The number of ketones is 2. The molecule has 5 aromatic carbocycles. The van der Waals surface area contributed by atoms with Crippen molar-refractivity contribution in [2.75, 3.05) is 41.2 Å². The molecule has 0 aliphatic rings. The Hall–Kier alpha value is -7.76. The molecule has 0 bridgehead atoms. The number of unbranched alkanes of at least 4 members (excludes halogenated alkanes) is 2. The number of aryl methyl sites for hydroxylation is 2. The molecule has 0 saturated heterocycles. The van der Waals surface area contributed by atoms with Crippen molar-refractivity contribution in [1.82, 2.24) is 10.6 Å². The quantitative estimate of drug-likeness (QED) is 0.0218. The number of carbonyl (C=O) groups excluding carboxylic acids is 6. The van der Waals surface area contributed by atoms with Gasteiger partial charge in [0.2, 0.25) is 11.8 Å². The number of hydrogen-bond acceptors (Lipinski definition) is 14. The summed E-state index contributed by atoms with van der Waals surface area (Å²) in [5, 5.41) is 5.81. The number of amides is 3. The minimum absolute atomic E-state index is 0.0385. The third-order valence-corrected chi connectivity index (χ3v) is 14.3. The van der Waals surface area contributed by atoms with Crippen LogP contribution in [-0.2, 0) is 57.5 Å². The minimum atomic E-state index is -1.44. The number of rotatable bonds is 35. The first-order chi connectivity index (χ1) is 40.4. The van der Waals surface area contributed by atoms with E-state index in [4.69, 9.17) is 44.6 Å². The normalized spacial score (nSPS) is 13.3. The van der Waals surface area contributed by atoms with E-state index in [1.54, 1.807) is 71.4 Å². The summed E-state index contributed by atoms with van der Waals surface area (Å²) >= 11 is 0. The number of hydrogen-bond donors (Lipinski definition) is 4. The Labute approximate surface area is 502 Å². The Bertz CT molecular complexity index is 2970. The average Bonchev–Trinajstić information content (AvgIpc) is 3.65. The highest BCUT2D eigenvalue weighted by Crippen LogP contribution is 2.38. The molecule has 17 heteroatoms. The van der Waals surface area contributed by atoms with Crippen molar-refractivity contribution in [2.45, 2.75) is 161 Å². The number of Topliss-reactive ketones (excluding diaryl/α,β-unsaturated/α-hetero) is 2. The molecule has 5 atom stereocenters. The lowest BCUT2D eigenvalue weighted by atomic mass is 9.84. The lowest BCUT2D eigenvalue weighted by Gasteiger charge is -2.27. The molecule has 460 valence electrons. The molecule has 0 radical (unpaired) electrons. The molecular weight excluding hydrogens is 1080 g/mol. The molecule has 0 heterocycles. The first-order valence-electron chi connectivity index (χ1n) is 29.4. The van der Waals surface area contributed by atoms with E-state index in [-0.39, 0.29) is 38.3 Å². The molecule has 0 aliphatic heterocycles. The summed E-state index contributed by atoms with van der Waals surface area (Å²) < 4.78 is 39.9. The predicted molar refractivity (Wildman–Crippen MR) is 329 cm³/mol. The van der Waals surface area contributed by atoms with E-state index in [1.807, 2.05) is 93.6 Å². The third-order valence-electron chi connectivity index (χ3n) is 14.3. The molecule has 5 aromatic rings. The lowest BCUT2D eigenvalue weighted by molar-refractivity contribution is -0.156. The van der Waals surface area contributed by atoms with Gasteiger partial charge in [-0.25, -0.2) is 0 Å². The topological polar surface area (TPSA) is 243 Å². The second-order valence-corrected chi connectivity index (χ2v) is 23.3. The van der Waals surface area contributed by atoms with Gasteiger partial charge >= 0.3 is 5.97 Å². The van der Waals surface area contributed by atoms with Crippen LogP contribution >= 0.6 is 0 Å². The largest absolute Gasteiger partial charge is 0.497 e. The number of nitrogens with two attached hydrogens (primary N) is 2. The van der Waals surface area contributed by atoms with Gasteiger partial charge in [0.05, 0.1) is 58.6 Å². The van der Waals surface area contributed by atoms with Crippen LogP contribution < -0.4 is 45.8 Å². The predicted octanol–water partition coefficient (Wildman–Crippen LogP) is 10.2. The monoisotopic (exact) mass is 1170 g/mol. The highest BCUT2D eigenvalue weighted by Gasteiger charge is 2.35. The molecular formula is C68H90N4O13. The maximum Gasteiger partial charge on any atom is 0.308 e. The van der Waals surface area contributed by atoms with E-state index in [9.17, 15) is 19.2 Å². The Balaban J connectivity index is 1.57. The standard InChI is InChI=1S/C68H90N4O13/c1-12-14-15-35-82-50-27-21-44(22-28-50)17-16-18-58(61(74)40-56(55-34-32-53(80-10)39-62(55)81-11)48-25-29-51(30-26-48)83-43-63(70)75)71-65(77)49(36-45-19-23-47(24-20-45)54-33-31-52(79-9)37-46(54)13-2)38-60(73)59(41-64(76)85-68(6,7)8)72-66(78)57(69)42-84-67(3,4)5/h19-34,37,39,49,56-59H,12-18,35-36,38,40-43,69H2,1-11H3,(H2,70,75)(H,71,77)(H,72,78)/t49-,56?,57+,58+,59+/m1/s1. The van der Waals surface area contributed by atoms with Gasteiger partial charge in [-0.2, -0.15) is 0 Å². The molecule has 0 aromatic heterocycles. The van der Waals surface area contributed by atoms with Gasteiger partial charge in [0.25, 0.3) is 5.91 Å². The van der Waals surface area contributed by atoms with Gasteiger partial charge in [-0.15, -0.1) is 0 Å². The van der Waals surface area contributed by atoms with Gasteiger partial charge in [-0.3, -0.25) is 28.8 Å². The number of ether oxygens (including phenoxy) is 7. The third kappa shape index (κ3) is 22.6. The highest BCUT2D eigenvalue weighted by atomic mass is 16.6. The Morgan fingerprint density at radius 2 is 1.20 bits per heavy atom. The zero-order chi connectivity index (χ0) is 62.3. The van der Waals surface area contributed by atoms with Crippen molar-refractivity contribution >= 4 is 35.3 Å². The first-order valence-corrected chi connectivity index (χ1v) is 29.4. The van der Waals surface area contributed by atoms with Crippen molar-refractivity contribution < 1.29 is 61.9 Å². The Morgan fingerprint density at radius 3 is 1.81 bits per heavy atom. The molecule has 5 rings (SSSR count). The van der Waals surface area contributed by atoms with Crippen molar-refractivity contribution in [2.24, 2.45) is 17.4 Å². The van der Waals surface area contributed by atoms with Crippen molar-refractivity contribution in [3.63, 3.8) is 0 Å². The number of benzene rings is 5. The summed E-state index contributed by atoms with van der Waals surface area (Å²) in [6.07, 6.45) is 4.08. The van der Waals surface area contributed by atoms with Gasteiger partial charge in [-0.05, 0) is 156 Å². The second-order valence-electron chi connectivity index (χ2n) is 23.3. The smallest absolute Gasteiger partial charge is 0.308 e. The second kappa shape index (κ2) is 33.1. The fraction of sp³-hybridized carbons (Fsp3) is 0.471. The maximum atomic E-state index is 15.4. The summed E-state index contributed by atoms with van der Waals surface area (Å²) in [6, 6.07) is 30.1. The van der Waals surface area contributed by atoms with Gasteiger partial charge in [0, 0.05) is 36.3 Å². The van der Waals surface area contributed by atoms with E-state index in [0.717, 1.165) is 59.4 Å². The van der Waals surface area contributed by atoms with Gasteiger partial charge in [0.1, 0.15) is 40.4 Å². The Morgan fingerprint density at radius 1 is 0.600 bits per heavy atom. The van der Waals surface area contributed by atoms with E-state index in [1.165, 1.54) is 7.11 Å². The van der Waals surface area contributed by atoms with Crippen LogP contribution in [0.1, 0.15) is 140 Å². The molecule has 1 unspecified atom stereocenters. The van der Waals surface area contributed by atoms with Crippen LogP contribution in [0, 0.1) is 5.92 Å². The fourth-order valence-corrected chi connectivity index (χ4v) is 9.72. The average molecular weight is 1170 g/mol. The van der Waals surface area contributed by atoms with Crippen LogP contribution in [0.5, 0.6) is 28.7 Å². The minimum Gasteiger partial charge on any atom is -0.497 e. The number of primary amides is 1. The highest BCUT2D eigenvalue weighted by molar-refractivity contribution is 5.97. The molecule has 17 nitrogen and oxygen atoms in total. The fourth-order valence-electron chi connectivity index (χ4n) is 9.72. The summed E-state index contributed by atoms with van der Waals surface area (Å²) in [6.45, 7) is 14.9. The number of methoxy groups -OCH3 is 3.